The van der Waals surface area contributed by atoms with Crippen molar-refractivity contribution in [3.8, 4) is 0 Å². The van der Waals surface area contributed by atoms with Crippen LogP contribution in [0.1, 0.15) is 28.9 Å². The first-order valence-electron chi connectivity index (χ1n) is 9.74. The van der Waals surface area contributed by atoms with Crippen molar-refractivity contribution in [3.63, 3.8) is 0 Å². The van der Waals surface area contributed by atoms with E-state index in [9.17, 15) is 14.0 Å². The second kappa shape index (κ2) is 6.43. The second-order valence-corrected chi connectivity index (χ2v) is 8.04. The van der Waals surface area contributed by atoms with Crippen LogP contribution in [-0.2, 0) is 11.8 Å². The number of carbonyl (C=O) groups is 2. The number of hydrogen-bond donors (Lipinski definition) is 0. The summed E-state index contributed by atoms with van der Waals surface area (Å²) in [6.07, 6.45) is 5.29. The third-order valence-electron chi connectivity index (χ3n) is 6.31. The van der Waals surface area contributed by atoms with Crippen molar-refractivity contribution in [1.29, 1.82) is 0 Å². The van der Waals surface area contributed by atoms with E-state index < -0.39 is 0 Å². The summed E-state index contributed by atoms with van der Waals surface area (Å²) in [5, 5.41) is 4.27. The lowest BCUT2D eigenvalue weighted by Crippen LogP contribution is -2.36. The second-order valence-electron chi connectivity index (χ2n) is 8.04. The molecule has 0 aliphatic carbocycles. The lowest BCUT2D eigenvalue weighted by molar-refractivity contribution is -0.130. The minimum absolute atomic E-state index is 0.0197. The van der Waals surface area contributed by atoms with E-state index in [1.807, 2.05) is 39.9 Å². The van der Waals surface area contributed by atoms with Crippen molar-refractivity contribution in [2.45, 2.75) is 13.0 Å². The van der Waals surface area contributed by atoms with Gasteiger partial charge in [0.15, 0.2) is 0 Å². The van der Waals surface area contributed by atoms with Crippen LogP contribution >= 0.6 is 0 Å². The molecule has 29 heavy (non-hydrogen) atoms. The molecular weight excluding hydrogens is 373 g/mol. The quantitative estimate of drug-likeness (QED) is 0.668. The van der Waals surface area contributed by atoms with E-state index in [-0.39, 0.29) is 35.5 Å². The fourth-order valence-electron chi connectivity index (χ4n) is 5.02. The molecule has 2 amide bonds. The molecular formula is C21H22FN5O2. The number of hydrogen-bond acceptors (Lipinski definition) is 3. The highest BCUT2D eigenvalue weighted by molar-refractivity contribution is 6.00. The Labute approximate surface area is 167 Å². The molecule has 1 aromatic carbocycles. The van der Waals surface area contributed by atoms with Gasteiger partial charge in [-0.3, -0.25) is 9.59 Å². The van der Waals surface area contributed by atoms with Crippen molar-refractivity contribution < 1.29 is 14.0 Å². The van der Waals surface area contributed by atoms with E-state index in [1.165, 1.54) is 12.1 Å². The van der Waals surface area contributed by atoms with Gasteiger partial charge < -0.3 is 14.4 Å². The molecule has 5 rings (SSSR count). The topological polar surface area (TPSA) is 62.9 Å². The summed E-state index contributed by atoms with van der Waals surface area (Å²) in [6.45, 7) is 3.25. The Kier molecular flexibility index (Phi) is 3.97. The highest BCUT2D eigenvalue weighted by Crippen LogP contribution is 2.45. The van der Waals surface area contributed by atoms with Crippen molar-refractivity contribution in [1.82, 2.24) is 24.0 Å². The summed E-state index contributed by atoms with van der Waals surface area (Å²) in [5.74, 6) is -0.122. The third-order valence-corrected chi connectivity index (χ3v) is 6.31. The van der Waals surface area contributed by atoms with Crippen LogP contribution in [0.25, 0.3) is 5.65 Å². The maximum absolute atomic E-state index is 13.9. The molecule has 2 aliphatic heterocycles. The molecule has 0 unspecified atom stereocenters. The summed E-state index contributed by atoms with van der Waals surface area (Å²) in [6, 6.07) is 6.23. The zero-order valence-electron chi connectivity index (χ0n) is 16.3. The molecule has 0 spiro atoms. The summed E-state index contributed by atoms with van der Waals surface area (Å²) in [7, 11) is 1.89. The Hall–Kier alpha value is -3.16. The molecule has 4 heterocycles. The van der Waals surface area contributed by atoms with E-state index in [4.69, 9.17) is 0 Å². The monoisotopic (exact) mass is 395 g/mol. The van der Waals surface area contributed by atoms with E-state index in [0.717, 1.165) is 11.2 Å². The highest BCUT2D eigenvalue weighted by atomic mass is 19.1. The first-order chi connectivity index (χ1) is 13.9. The Morgan fingerprint density at radius 1 is 1.17 bits per heavy atom. The predicted octanol–water partition coefficient (Wildman–Crippen LogP) is 2.10. The van der Waals surface area contributed by atoms with E-state index in [1.54, 1.807) is 23.7 Å². The number of fused-ring (bicyclic) bond motifs is 2. The van der Waals surface area contributed by atoms with Crippen molar-refractivity contribution in [3.05, 3.63) is 59.8 Å². The number of benzene rings is 1. The van der Waals surface area contributed by atoms with Gasteiger partial charge in [0.2, 0.25) is 5.91 Å². The van der Waals surface area contributed by atoms with E-state index in [0.29, 0.717) is 25.2 Å². The van der Waals surface area contributed by atoms with Crippen LogP contribution in [0.3, 0.4) is 0 Å². The zero-order valence-corrected chi connectivity index (χ0v) is 16.3. The number of rotatable bonds is 2. The smallest absolute Gasteiger partial charge is 0.259 e. The van der Waals surface area contributed by atoms with Crippen LogP contribution in [0.2, 0.25) is 0 Å². The van der Waals surface area contributed by atoms with Gasteiger partial charge in [-0.1, -0.05) is 12.1 Å². The van der Waals surface area contributed by atoms with Crippen LogP contribution in [0.4, 0.5) is 4.39 Å². The van der Waals surface area contributed by atoms with Gasteiger partial charge >= 0.3 is 0 Å². The Balaban J connectivity index is 1.45. The molecule has 2 fully saturated rings. The Morgan fingerprint density at radius 3 is 2.76 bits per heavy atom. The van der Waals surface area contributed by atoms with Gasteiger partial charge in [0.05, 0.1) is 12.2 Å². The summed E-state index contributed by atoms with van der Waals surface area (Å²) in [5.41, 5.74) is 2.12. The van der Waals surface area contributed by atoms with Crippen molar-refractivity contribution in [2.75, 3.05) is 19.6 Å². The molecule has 8 heteroatoms. The summed E-state index contributed by atoms with van der Waals surface area (Å²) < 4.78 is 17.4. The van der Waals surface area contributed by atoms with E-state index in [2.05, 4.69) is 5.10 Å². The first kappa shape index (κ1) is 17.9. The molecule has 2 saturated heterocycles. The molecule has 0 saturated carbocycles. The highest BCUT2D eigenvalue weighted by Gasteiger charge is 2.49. The lowest BCUT2D eigenvalue weighted by atomic mass is 9.89. The van der Waals surface area contributed by atoms with Crippen LogP contribution in [-0.4, -0.2) is 55.4 Å². The molecule has 0 bridgehead atoms. The predicted molar refractivity (Wildman–Crippen MR) is 104 cm³/mol. The number of aromatic nitrogens is 3. The van der Waals surface area contributed by atoms with Gasteiger partial charge in [0, 0.05) is 57.8 Å². The first-order valence-corrected chi connectivity index (χ1v) is 9.74. The fraction of sp³-hybridized carbons (Fsp3) is 0.381. The normalized spacial score (nSPS) is 23.8. The number of nitrogens with zero attached hydrogens (tertiary/aromatic N) is 5. The van der Waals surface area contributed by atoms with Crippen molar-refractivity contribution in [2.24, 2.45) is 18.9 Å². The fourth-order valence-corrected chi connectivity index (χ4v) is 5.02. The molecule has 0 radical (unpaired) electrons. The zero-order chi connectivity index (χ0) is 20.3. The number of aryl methyl sites for hydroxylation is 1. The van der Waals surface area contributed by atoms with Gasteiger partial charge in [0.1, 0.15) is 17.0 Å². The average molecular weight is 395 g/mol. The number of likely N-dealkylation sites (tertiary alicyclic amines) is 2. The van der Waals surface area contributed by atoms with Gasteiger partial charge in [-0.2, -0.15) is 5.10 Å². The molecule has 3 atom stereocenters. The molecule has 2 aliphatic rings. The van der Waals surface area contributed by atoms with Gasteiger partial charge in [-0.25, -0.2) is 8.91 Å². The minimum Gasteiger partial charge on any atom is -0.338 e. The maximum atomic E-state index is 13.9. The maximum Gasteiger partial charge on any atom is 0.259 e. The van der Waals surface area contributed by atoms with Crippen LogP contribution in [0.15, 0.2) is 42.9 Å². The van der Waals surface area contributed by atoms with Crippen LogP contribution in [0, 0.1) is 17.7 Å². The number of imidazole rings is 1. The van der Waals surface area contributed by atoms with Crippen LogP contribution < -0.4 is 0 Å². The van der Waals surface area contributed by atoms with Crippen LogP contribution in [0.5, 0.6) is 0 Å². The molecule has 2 aromatic heterocycles. The lowest BCUT2D eigenvalue weighted by Gasteiger charge is -2.29. The van der Waals surface area contributed by atoms with Gasteiger partial charge in [-0.05, 0) is 17.7 Å². The van der Waals surface area contributed by atoms with Crippen molar-refractivity contribution >= 4 is 17.5 Å². The molecule has 150 valence electrons. The summed E-state index contributed by atoms with van der Waals surface area (Å²) >= 11 is 0. The standard InChI is InChI=1S/C21H22FN5O2/c1-13(28)26-11-15-10-25(12-18(15)19(26)14-4-3-5-16(22)8-14)21(29)17-9-23-27-7-6-24(2)20(17)27/h3-9,15,18-19H,10-12H2,1-2H3/t15-,18-,19-/m1/s1. The van der Waals surface area contributed by atoms with E-state index >= 15 is 0 Å². The third kappa shape index (κ3) is 2.73. The average Bonchev–Trinajstić information content (AvgIpc) is 3.41. The molecule has 7 nitrogen and oxygen atoms in total. The number of carbonyl (C=O) groups excluding carboxylic acids is 2. The minimum atomic E-state index is -0.314. The van der Waals surface area contributed by atoms with Gasteiger partial charge in [-0.15, -0.1) is 0 Å². The number of halogens is 1. The summed E-state index contributed by atoms with van der Waals surface area (Å²) in [4.78, 5) is 29.1. The Morgan fingerprint density at radius 2 is 2.00 bits per heavy atom. The number of amides is 2. The molecule has 0 N–H and O–H groups in total. The van der Waals surface area contributed by atoms with Gasteiger partial charge in [0.25, 0.3) is 5.91 Å². The largest absolute Gasteiger partial charge is 0.338 e. The SMILES string of the molecule is CC(=O)N1C[C@H]2CN(C(=O)c3cnn4ccn(C)c34)C[C@H]2[C@H]1c1cccc(F)c1. The Bertz CT molecular complexity index is 1120. The molecule has 3 aromatic rings.